The van der Waals surface area contributed by atoms with Gasteiger partial charge in [-0.1, -0.05) is 0 Å². The fourth-order valence-corrected chi connectivity index (χ4v) is 0.135. The van der Waals surface area contributed by atoms with Crippen molar-refractivity contribution in [3.63, 3.8) is 0 Å². The predicted molar refractivity (Wildman–Crippen MR) is 44.3 cm³/mol. The molecule has 0 aliphatic rings. The minimum Gasteiger partial charge on any atom is -0.369 e. The van der Waals surface area contributed by atoms with E-state index in [0.717, 1.165) is 0 Å². The molecule has 0 aliphatic carbocycles. The zero-order chi connectivity index (χ0) is 11.1. The summed E-state index contributed by atoms with van der Waals surface area (Å²) in [5, 5.41) is 13.1. The fraction of sp³-hybridized carbons (Fsp3) is 0. The Morgan fingerprint density at radius 1 is 1.08 bits per heavy atom. The highest BCUT2D eigenvalue weighted by Gasteiger charge is 1.84. The summed E-state index contributed by atoms with van der Waals surface area (Å²) in [6, 6.07) is 0. The van der Waals surface area contributed by atoms with E-state index in [2.05, 4.69) is 10.9 Å². The van der Waals surface area contributed by atoms with Crippen molar-refractivity contribution in [1.29, 1.82) is 10.8 Å². The van der Waals surface area contributed by atoms with Gasteiger partial charge in [0.15, 0.2) is 0 Å². The van der Waals surface area contributed by atoms with Gasteiger partial charge in [-0.15, -0.1) is 0 Å². The first-order chi connectivity index (χ1) is 5.63. The normalized spacial score (nSPS) is 9.08. The molecule has 10 N–H and O–H groups in total. The van der Waals surface area contributed by atoms with E-state index in [1.165, 1.54) is 0 Å². The molecule has 0 rings (SSSR count). The van der Waals surface area contributed by atoms with Crippen LogP contribution in [0.4, 0.5) is 0 Å². The maximum absolute atomic E-state index is 8.74. The second kappa shape index (κ2) is 5.99. The fourth-order valence-electron chi connectivity index (χ4n) is 0.135. The summed E-state index contributed by atoms with van der Waals surface area (Å²) >= 11 is 0. The van der Waals surface area contributed by atoms with Crippen LogP contribution in [0.25, 0.3) is 0 Å². The summed E-state index contributed by atoms with van der Waals surface area (Å²) in [5.41, 5.74) is 13.8. The van der Waals surface area contributed by atoms with Crippen LogP contribution in [0, 0.1) is 10.8 Å². The number of hydrazine groups is 1. The molecule has 0 aromatic rings. The topological polar surface area (TPSA) is 198 Å². The average Bonchev–Trinajstić information content (AvgIpc) is 1.79. The van der Waals surface area contributed by atoms with Gasteiger partial charge in [0.05, 0.1) is 0 Å². The van der Waals surface area contributed by atoms with Crippen molar-refractivity contribution in [2.75, 3.05) is 0 Å². The molecule has 11 heteroatoms. The minimum atomic E-state index is -4.67. The van der Waals surface area contributed by atoms with E-state index in [0.29, 0.717) is 0 Å². The van der Waals surface area contributed by atoms with Crippen molar-refractivity contribution in [3.8, 4) is 0 Å². The van der Waals surface area contributed by atoms with Crippen LogP contribution in [0.1, 0.15) is 0 Å². The Morgan fingerprint density at radius 2 is 1.23 bits per heavy atom. The Kier molecular flexibility index (Phi) is 6.43. The number of nitrogens with two attached hydrogens (primary N) is 2. The lowest BCUT2D eigenvalue weighted by atomic mass is 11.0. The van der Waals surface area contributed by atoms with Gasteiger partial charge >= 0.3 is 10.4 Å². The molecule has 0 amide bonds. The minimum absolute atomic E-state index is 0.278. The number of guanidine groups is 2. The third kappa shape index (κ3) is 63.3. The Bertz CT molecular complexity index is 248. The van der Waals surface area contributed by atoms with Gasteiger partial charge in [0, 0.05) is 0 Å². The molecule has 0 atom stereocenters. The molecule has 0 radical (unpaired) electrons. The van der Waals surface area contributed by atoms with E-state index in [1.54, 1.807) is 0 Å². The molecule has 0 saturated heterocycles. The number of hydrogen-bond donors (Lipinski definition) is 8. The molecule has 10 nitrogen and oxygen atoms in total. The van der Waals surface area contributed by atoms with Gasteiger partial charge in [-0.25, -0.2) is 0 Å². The number of rotatable bonds is 0. The monoisotopic (exact) mass is 214 g/mol. The van der Waals surface area contributed by atoms with Crippen LogP contribution in [0.3, 0.4) is 0 Å². The summed E-state index contributed by atoms with van der Waals surface area (Å²) in [7, 11) is -4.67. The zero-order valence-electron chi connectivity index (χ0n) is 6.27. The van der Waals surface area contributed by atoms with Crippen molar-refractivity contribution >= 4 is 22.3 Å². The van der Waals surface area contributed by atoms with Crippen LogP contribution >= 0.6 is 0 Å². The highest BCUT2D eigenvalue weighted by atomic mass is 32.3. The lowest BCUT2D eigenvalue weighted by molar-refractivity contribution is 0.381. The number of nitrogens with one attached hydrogen (secondary N) is 4. The molecule has 78 valence electrons. The summed E-state index contributed by atoms with van der Waals surface area (Å²) in [5.74, 6) is -0.555. The van der Waals surface area contributed by atoms with E-state index in [-0.39, 0.29) is 11.9 Å². The largest absolute Gasteiger partial charge is 0.394 e. The third-order valence-corrected chi connectivity index (χ3v) is 0.332. The first-order valence-corrected chi connectivity index (χ1v) is 3.92. The molecule has 0 saturated carbocycles. The van der Waals surface area contributed by atoms with E-state index < -0.39 is 10.4 Å². The Labute approximate surface area is 73.9 Å². The van der Waals surface area contributed by atoms with Crippen molar-refractivity contribution < 1.29 is 17.5 Å². The van der Waals surface area contributed by atoms with Gasteiger partial charge in [0.1, 0.15) is 0 Å². The third-order valence-electron chi connectivity index (χ3n) is 0.332. The van der Waals surface area contributed by atoms with Crippen LogP contribution in [0.2, 0.25) is 0 Å². The van der Waals surface area contributed by atoms with Crippen LogP contribution in [-0.2, 0) is 10.4 Å². The van der Waals surface area contributed by atoms with Gasteiger partial charge in [-0.2, -0.15) is 8.42 Å². The Hall–Kier alpha value is -1.59. The molecule has 0 bridgehead atoms. The van der Waals surface area contributed by atoms with Gasteiger partial charge < -0.3 is 11.5 Å². The molecule has 0 heterocycles. The highest BCUT2D eigenvalue weighted by Crippen LogP contribution is 1.59. The first-order valence-electron chi connectivity index (χ1n) is 2.53. The molecular formula is C2H10N6O4S. The molecule has 0 fully saturated rings. The molecule has 0 aliphatic heterocycles. The second-order valence-corrected chi connectivity index (χ2v) is 2.42. The number of hydrogen-bond acceptors (Lipinski definition) is 4. The molecular weight excluding hydrogens is 204 g/mol. The maximum atomic E-state index is 8.74. The average molecular weight is 214 g/mol. The zero-order valence-corrected chi connectivity index (χ0v) is 7.09. The summed E-state index contributed by atoms with van der Waals surface area (Å²) in [6.45, 7) is 0. The lowest BCUT2D eigenvalue weighted by Gasteiger charge is -2.02. The predicted octanol–water partition coefficient (Wildman–Crippen LogP) is -2.79. The van der Waals surface area contributed by atoms with E-state index in [4.69, 9.17) is 39.8 Å². The van der Waals surface area contributed by atoms with Gasteiger partial charge in [-0.05, 0) is 0 Å². The van der Waals surface area contributed by atoms with Gasteiger partial charge in [0.25, 0.3) is 0 Å². The Balaban J connectivity index is 0. The summed E-state index contributed by atoms with van der Waals surface area (Å²) in [4.78, 5) is 0. The molecule has 0 aromatic heterocycles. The second-order valence-electron chi connectivity index (χ2n) is 1.53. The van der Waals surface area contributed by atoms with Crippen LogP contribution in [0.5, 0.6) is 0 Å². The molecule has 13 heavy (non-hydrogen) atoms. The highest BCUT2D eigenvalue weighted by molar-refractivity contribution is 7.79. The SMILES string of the molecule is N=C(N)NNC(=N)N.O=S(=O)(O)O. The van der Waals surface area contributed by atoms with E-state index in [9.17, 15) is 0 Å². The first kappa shape index (κ1) is 14.0. The quantitative estimate of drug-likeness (QED) is 0.0914. The standard InChI is InChI=1S/C2H8N6.H2O4S/c3-1(4)7-8-2(5)6;1-5(2,3)4/h(H4,3,4,7)(H4,5,6,8);(H2,1,2,3,4). The molecule has 0 unspecified atom stereocenters. The van der Waals surface area contributed by atoms with Crippen molar-refractivity contribution in [2.24, 2.45) is 11.5 Å². The summed E-state index contributed by atoms with van der Waals surface area (Å²) < 4.78 is 31.6. The van der Waals surface area contributed by atoms with Crippen molar-refractivity contribution in [2.45, 2.75) is 0 Å². The van der Waals surface area contributed by atoms with Crippen molar-refractivity contribution in [3.05, 3.63) is 0 Å². The van der Waals surface area contributed by atoms with Gasteiger partial charge in [0.2, 0.25) is 11.9 Å². The van der Waals surface area contributed by atoms with Gasteiger partial charge in [-0.3, -0.25) is 30.8 Å². The van der Waals surface area contributed by atoms with E-state index in [1.807, 2.05) is 0 Å². The molecule has 0 aromatic carbocycles. The van der Waals surface area contributed by atoms with Crippen molar-refractivity contribution in [1.82, 2.24) is 10.9 Å². The van der Waals surface area contributed by atoms with Crippen LogP contribution < -0.4 is 22.3 Å². The van der Waals surface area contributed by atoms with Crippen LogP contribution in [0.15, 0.2) is 0 Å². The smallest absolute Gasteiger partial charge is 0.369 e. The van der Waals surface area contributed by atoms with E-state index >= 15 is 0 Å². The molecule has 0 spiro atoms. The van der Waals surface area contributed by atoms with Crippen LogP contribution in [-0.4, -0.2) is 29.4 Å². The Morgan fingerprint density at radius 3 is 1.31 bits per heavy atom. The summed E-state index contributed by atoms with van der Waals surface area (Å²) in [6.07, 6.45) is 0. The lowest BCUT2D eigenvalue weighted by Crippen LogP contribution is -2.47. The maximum Gasteiger partial charge on any atom is 0.394 e.